The minimum absolute atomic E-state index is 0.238. The summed E-state index contributed by atoms with van der Waals surface area (Å²) in [5.41, 5.74) is 1.83. The van der Waals surface area contributed by atoms with Crippen LogP contribution in [-0.2, 0) is 22.4 Å². The van der Waals surface area contributed by atoms with Crippen LogP contribution in [0.2, 0.25) is 0 Å². The van der Waals surface area contributed by atoms with E-state index in [1.54, 1.807) is 18.2 Å². The van der Waals surface area contributed by atoms with Gasteiger partial charge in [-0.25, -0.2) is 9.59 Å². The van der Waals surface area contributed by atoms with E-state index in [4.69, 9.17) is 13.9 Å². The number of methoxy groups -OCH3 is 1. The van der Waals surface area contributed by atoms with Crippen LogP contribution in [0.25, 0.3) is 11.0 Å². The van der Waals surface area contributed by atoms with E-state index >= 15 is 0 Å². The molecule has 0 spiro atoms. The molecule has 7 heteroatoms. The van der Waals surface area contributed by atoms with Crippen molar-refractivity contribution in [3.05, 3.63) is 69.6 Å². The van der Waals surface area contributed by atoms with Crippen LogP contribution < -0.4 is 15.7 Å². The Morgan fingerprint density at radius 2 is 1.70 bits per heavy atom. The number of ether oxygens (including phenoxy) is 2. The van der Waals surface area contributed by atoms with Gasteiger partial charge in [0, 0.05) is 11.1 Å². The smallest absolute Gasteiger partial charge is 0.351 e. The summed E-state index contributed by atoms with van der Waals surface area (Å²) in [6.07, 6.45) is 1.51. The molecule has 0 bridgehead atoms. The van der Waals surface area contributed by atoms with Crippen LogP contribution in [0.3, 0.4) is 0 Å². The Balaban J connectivity index is 1.74. The van der Waals surface area contributed by atoms with E-state index in [-0.39, 0.29) is 11.1 Å². The van der Waals surface area contributed by atoms with Crippen molar-refractivity contribution in [3.63, 3.8) is 0 Å². The largest absolute Gasteiger partial charge is 0.493 e. The molecule has 0 radical (unpaired) electrons. The predicted molar refractivity (Wildman–Crippen MR) is 113 cm³/mol. The van der Waals surface area contributed by atoms with Gasteiger partial charge in [0.15, 0.2) is 17.9 Å². The number of para-hydroxylation sites is 2. The summed E-state index contributed by atoms with van der Waals surface area (Å²) in [5, 5.41) is 3.32. The maximum absolute atomic E-state index is 12.4. The van der Waals surface area contributed by atoms with Crippen molar-refractivity contribution in [1.29, 1.82) is 0 Å². The van der Waals surface area contributed by atoms with Crippen molar-refractivity contribution in [2.24, 2.45) is 0 Å². The summed E-state index contributed by atoms with van der Waals surface area (Å²) >= 11 is 0. The number of aryl methyl sites for hydroxylation is 2. The molecule has 30 heavy (non-hydrogen) atoms. The average molecular weight is 409 g/mol. The number of esters is 1. The fourth-order valence-electron chi connectivity index (χ4n) is 3.21. The third-order valence-electron chi connectivity index (χ3n) is 4.76. The first-order chi connectivity index (χ1) is 14.5. The lowest BCUT2D eigenvalue weighted by Crippen LogP contribution is -2.24. The number of benzene rings is 2. The van der Waals surface area contributed by atoms with Gasteiger partial charge in [-0.3, -0.25) is 4.79 Å². The van der Waals surface area contributed by atoms with Crippen molar-refractivity contribution in [2.75, 3.05) is 19.0 Å². The number of carbonyl (C=O) groups is 2. The zero-order chi connectivity index (χ0) is 21.7. The van der Waals surface area contributed by atoms with Crippen LogP contribution in [-0.4, -0.2) is 25.6 Å². The Morgan fingerprint density at radius 1 is 1.03 bits per heavy atom. The van der Waals surface area contributed by atoms with Crippen LogP contribution in [0, 0.1) is 0 Å². The van der Waals surface area contributed by atoms with Crippen molar-refractivity contribution in [1.82, 2.24) is 0 Å². The minimum atomic E-state index is -0.928. The van der Waals surface area contributed by atoms with Crippen LogP contribution in [0.15, 0.2) is 51.7 Å². The topological polar surface area (TPSA) is 94.8 Å². The maximum Gasteiger partial charge on any atom is 0.351 e. The van der Waals surface area contributed by atoms with Gasteiger partial charge in [0.05, 0.1) is 7.11 Å². The first kappa shape index (κ1) is 21.1. The number of nitrogens with one attached hydrogen (secondary N) is 1. The van der Waals surface area contributed by atoms with Crippen LogP contribution >= 0.6 is 0 Å². The summed E-state index contributed by atoms with van der Waals surface area (Å²) in [4.78, 5) is 37.0. The van der Waals surface area contributed by atoms with Crippen LogP contribution in [0.4, 0.5) is 5.69 Å². The van der Waals surface area contributed by atoms with Crippen LogP contribution in [0.1, 0.15) is 35.3 Å². The van der Waals surface area contributed by atoms with E-state index in [2.05, 4.69) is 5.32 Å². The van der Waals surface area contributed by atoms with Gasteiger partial charge in [-0.05, 0) is 36.1 Å². The van der Waals surface area contributed by atoms with E-state index in [1.807, 2.05) is 32.0 Å². The van der Waals surface area contributed by atoms with Gasteiger partial charge in [0.1, 0.15) is 5.56 Å². The molecule has 1 amide bonds. The lowest BCUT2D eigenvalue weighted by Gasteiger charge is -2.14. The zero-order valence-electron chi connectivity index (χ0n) is 17.1. The molecule has 0 saturated carbocycles. The molecule has 0 aliphatic carbocycles. The first-order valence-electron chi connectivity index (χ1n) is 9.67. The van der Waals surface area contributed by atoms with Gasteiger partial charge in [0.25, 0.3) is 5.91 Å². The van der Waals surface area contributed by atoms with Gasteiger partial charge in [-0.15, -0.1) is 0 Å². The van der Waals surface area contributed by atoms with E-state index in [0.717, 1.165) is 29.7 Å². The fourth-order valence-corrected chi connectivity index (χ4v) is 3.21. The zero-order valence-corrected chi connectivity index (χ0v) is 17.1. The molecule has 0 saturated heterocycles. The molecular weight excluding hydrogens is 386 g/mol. The van der Waals surface area contributed by atoms with Crippen molar-refractivity contribution in [2.45, 2.75) is 26.7 Å². The average Bonchev–Trinajstić information content (AvgIpc) is 2.76. The molecule has 3 aromatic rings. The highest BCUT2D eigenvalue weighted by molar-refractivity contribution is 5.97. The fraction of sp³-hybridized carbons (Fsp3) is 0.261. The standard InChI is InChI=1S/C23H23NO6/c1-4-14-8-6-9-15(5-2)20(14)24-19(25)13-29-22(26)17-12-16-10-7-11-18(28-3)21(16)30-23(17)27/h6-12H,4-5,13H2,1-3H3,(H,24,25). The molecule has 0 fully saturated rings. The summed E-state index contributed by atoms with van der Waals surface area (Å²) in [5.74, 6) is -1.03. The second-order valence-corrected chi connectivity index (χ2v) is 6.61. The second kappa shape index (κ2) is 9.26. The molecule has 2 aromatic carbocycles. The summed E-state index contributed by atoms with van der Waals surface area (Å²) < 4.78 is 15.4. The minimum Gasteiger partial charge on any atom is -0.493 e. The monoisotopic (exact) mass is 409 g/mol. The Kier molecular flexibility index (Phi) is 6.51. The number of hydrogen-bond donors (Lipinski definition) is 1. The van der Waals surface area contributed by atoms with Gasteiger partial charge < -0.3 is 19.2 Å². The molecule has 1 heterocycles. The molecule has 1 aromatic heterocycles. The van der Waals surface area contributed by atoms with Crippen molar-refractivity contribution < 1.29 is 23.5 Å². The van der Waals surface area contributed by atoms with Crippen molar-refractivity contribution >= 4 is 28.5 Å². The lowest BCUT2D eigenvalue weighted by atomic mass is 10.0. The molecular formula is C23H23NO6. The maximum atomic E-state index is 12.4. The SMILES string of the molecule is CCc1cccc(CC)c1NC(=O)COC(=O)c1cc2cccc(OC)c2oc1=O. The first-order valence-corrected chi connectivity index (χ1v) is 9.67. The quantitative estimate of drug-likeness (QED) is 0.472. The van der Waals surface area contributed by atoms with Crippen molar-refractivity contribution in [3.8, 4) is 5.75 Å². The molecule has 1 N–H and O–H groups in total. The summed E-state index contributed by atoms with van der Waals surface area (Å²) in [6.45, 7) is 3.48. The molecule has 156 valence electrons. The lowest BCUT2D eigenvalue weighted by molar-refractivity contribution is -0.119. The van der Waals surface area contributed by atoms with E-state index in [0.29, 0.717) is 11.1 Å². The van der Waals surface area contributed by atoms with Crippen LogP contribution in [0.5, 0.6) is 5.75 Å². The molecule has 0 unspecified atom stereocenters. The summed E-state index contributed by atoms with van der Waals surface area (Å²) in [6, 6.07) is 12.2. The third kappa shape index (κ3) is 4.35. The highest BCUT2D eigenvalue weighted by atomic mass is 16.5. The molecule has 0 atom stereocenters. The number of hydrogen-bond acceptors (Lipinski definition) is 6. The second-order valence-electron chi connectivity index (χ2n) is 6.61. The van der Waals surface area contributed by atoms with Gasteiger partial charge >= 0.3 is 11.6 Å². The van der Waals surface area contributed by atoms with E-state index in [9.17, 15) is 14.4 Å². The van der Waals surface area contributed by atoms with Gasteiger partial charge in [-0.2, -0.15) is 0 Å². The van der Waals surface area contributed by atoms with E-state index < -0.39 is 24.1 Å². The Bertz CT molecular complexity index is 1130. The Morgan fingerprint density at radius 3 is 2.33 bits per heavy atom. The molecule has 7 nitrogen and oxygen atoms in total. The Hall–Kier alpha value is -3.61. The third-order valence-corrected chi connectivity index (χ3v) is 4.76. The molecule has 0 aliphatic rings. The molecule has 3 rings (SSSR count). The number of rotatable bonds is 7. The number of carbonyl (C=O) groups excluding carboxylic acids is 2. The van der Waals surface area contributed by atoms with Gasteiger partial charge in [-0.1, -0.05) is 44.2 Å². The highest BCUT2D eigenvalue weighted by Gasteiger charge is 2.18. The highest BCUT2D eigenvalue weighted by Crippen LogP contribution is 2.25. The number of amides is 1. The number of anilines is 1. The number of fused-ring (bicyclic) bond motifs is 1. The Labute approximate surface area is 173 Å². The van der Waals surface area contributed by atoms with E-state index in [1.165, 1.54) is 13.2 Å². The predicted octanol–water partition coefficient (Wildman–Crippen LogP) is 3.72. The van der Waals surface area contributed by atoms with Gasteiger partial charge in [0.2, 0.25) is 0 Å². The summed E-state index contributed by atoms with van der Waals surface area (Å²) in [7, 11) is 1.45. The molecule has 0 aliphatic heterocycles. The normalized spacial score (nSPS) is 10.6.